The summed E-state index contributed by atoms with van der Waals surface area (Å²) in [4.78, 5) is 39.8. The SMILES string of the molecule is NS(=O)(=O)c1ccc(N2C(=O)CC(Sc3ccc(NC(=O)c4cccs4)cc3)C2=O)cc1. The molecule has 32 heavy (non-hydrogen) atoms. The lowest BCUT2D eigenvalue weighted by Gasteiger charge is -2.15. The van der Waals surface area contributed by atoms with E-state index in [4.69, 9.17) is 5.14 Å². The third kappa shape index (κ3) is 4.75. The summed E-state index contributed by atoms with van der Waals surface area (Å²) in [6.45, 7) is 0. The van der Waals surface area contributed by atoms with E-state index in [0.717, 1.165) is 9.80 Å². The molecule has 1 fully saturated rings. The van der Waals surface area contributed by atoms with Crippen LogP contribution in [-0.2, 0) is 19.6 Å². The number of amides is 3. The van der Waals surface area contributed by atoms with E-state index < -0.39 is 15.3 Å². The number of thiophene rings is 1. The number of carbonyl (C=O) groups is 3. The van der Waals surface area contributed by atoms with Crippen LogP contribution in [0, 0.1) is 0 Å². The highest BCUT2D eigenvalue weighted by Crippen LogP contribution is 2.34. The molecule has 3 amide bonds. The maximum absolute atomic E-state index is 12.8. The summed E-state index contributed by atoms with van der Waals surface area (Å²) < 4.78 is 22.8. The Bertz CT molecular complexity index is 1270. The Kier molecular flexibility index (Phi) is 6.15. The van der Waals surface area contributed by atoms with E-state index in [0.29, 0.717) is 16.3 Å². The monoisotopic (exact) mass is 487 g/mol. The Morgan fingerprint density at radius 2 is 1.75 bits per heavy atom. The van der Waals surface area contributed by atoms with Crippen molar-refractivity contribution in [2.75, 3.05) is 10.2 Å². The number of nitrogens with one attached hydrogen (secondary N) is 1. The van der Waals surface area contributed by atoms with Crippen molar-refractivity contribution in [1.29, 1.82) is 0 Å². The van der Waals surface area contributed by atoms with E-state index >= 15 is 0 Å². The summed E-state index contributed by atoms with van der Waals surface area (Å²) in [5, 5.41) is 9.11. The fourth-order valence-electron chi connectivity index (χ4n) is 3.13. The lowest BCUT2D eigenvalue weighted by Crippen LogP contribution is -2.31. The molecule has 0 aliphatic carbocycles. The smallest absolute Gasteiger partial charge is 0.265 e. The van der Waals surface area contributed by atoms with Crippen molar-refractivity contribution < 1.29 is 22.8 Å². The summed E-state index contributed by atoms with van der Waals surface area (Å²) in [5.41, 5.74) is 0.917. The first-order valence-corrected chi connectivity index (χ1v) is 12.6. The molecule has 2 heterocycles. The highest BCUT2D eigenvalue weighted by Gasteiger charge is 2.40. The van der Waals surface area contributed by atoms with Crippen molar-refractivity contribution in [3.05, 3.63) is 70.9 Å². The number of anilines is 2. The number of primary sulfonamides is 1. The Morgan fingerprint density at radius 1 is 1.06 bits per heavy atom. The first-order valence-electron chi connectivity index (χ1n) is 9.33. The molecule has 11 heteroatoms. The maximum atomic E-state index is 12.8. The van der Waals surface area contributed by atoms with Gasteiger partial charge in [0.15, 0.2) is 0 Å². The fraction of sp³-hybridized carbons (Fsp3) is 0.0952. The van der Waals surface area contributed by atoms with Gasteiger partial charge in [-0.25, -0.2) is 18.5 Å². The van der Waals surface area contributed by atoms with Crippen molar-refractivity contribution in [3.8, 4) is 0 Å². The highest BCUT2D eigenvalue weighted by molar-refractivity contribution is 8.00. The van der Waals surface area contributed by atoms with Crippen LogP contribution >= 0.6 is 23.1 Å². The number of hydrogen-bond acceptors (Lipinski definition) is 7. The van der Waals surface area contributed by atoms with E-state index in [1.165, 1.54) is 47.4 Å². The molecule has 1 atom stereocenters. The van der Waals surface area contributed by atoms with E-state index in [-0.39, 0.29) is 29.0 Å². The van der Waals surface area contributed by atoms with Crippen molar-refractivity contribution in [1.82, 2.24) is 0 Å². The second-order valence-electron chi connectivity index (χ2n) is 6.87. The second-order valence-corrected chi connectivity index (χ2v) is 10.7. The molecule has 1 unspecified atom stereocenters. The number of carbonyl (C=O) groups excluding carboxylic acids is 3. The minimum atomic E-state index is -3.86. The van der Waals surface area contributed by atoms with Crippen LogP contribution in [0.4, 0.5) is 11.4 Å². The average molecular weight is 488 g/mol. The van der Waals surface area contributed by atoms with Gasteiger partial charge in [0.2, 0.25) is 21.8 Å². The van der Waals surface area contributed by atoms with Crippen LogP contribution in [0.3, 0.4) is 0 Å². The number of rotatable bonds is 6. The van der Waals surface area contributed by atoms with Gasteiger partial charge in [0, 0.05) is 17.0 Å². The summed E-state index contributed by atoms with van der Waals surface area (Å²) in [6.07, 6.45) is 0.0251. The maximum Gasteiger partial charge on any atom is 0.265 e. The van der Waals surface area contributed by atoms with Gasteiger partial charge in [-0.3, -0.25) is 14.4 Å². The molecule has 1 aromatic heterocycles. The van der Waals surface area contributed by atoms with Crippen LogP contribution in [0.1, 0.15) is 16.1 Å². The molecule has 0 saturated carbocycles. The minimum Gasteiger partial charge on any atom is -0.321 e. The number of imide groups is 1. The van der Waals surface area contributed by atoms with Gasteiger partial charge < -0.3 is 5.32 Å². The van der Waals surface area contributed by atoms with Gasteiger partial charge in [0.05, 0.1) is 20.7 Å². The molecule has 1 saturated heterocycles. The van der Waals surface area contributed by atoms with Crippen LogP contribution in [0.5, 0.6) is 0 Å². The van der Waals surface area contributed by atoms with Crippen LogP contribution in [0.15, 0.2) is 75.8 Å². The van der Waals surface area contributed by atoms with Crippen molar-refractivity contribution in [2.24, 2.45) is 5.14 Å². The van der Waals surface area contributed by atoms with Gasteiger partial charge in [-0.2, -0.15) is 0 Å². The Hall–Kier alpha value is -2.99. The predicted molar refractivity (Wildman–Crippen MR) is 123 cm³/mol. The number of hydrogen-bond donors (Lipinski definition) is 2. The van der Waals surface area contributed by atoms with Crippen LogP contribution in [-0.4, -0.2) is 31.4 Å². The summed E-state index contributed by atoms with van der Waals surface area (Å²) in [5.74, 6) is -0.935. The molecule has 0 spiro atoms. The molecule has 0 radical (unpaired) electrons. The van der Waals surface area contributed by atoms with E-state index in [9.17, 15) is 22.8 Å². The predicted octanol–water partition coefficient (Wildman–Crippen LogP) is 3.07. The third-order valence-electron chi connectivity index (χ3n) is 4.66. The lowest BCUT2D eigenvalue weighted by atomic mass is 10.3. The molecular weight excluding hydrogens is 470 g/mol. The zero-order valence-corrected chi connectivity index (χ0v) is 18.9. The number of benzene rings is 2. The molecule has 0 bridgehead atoms. The van der Waals surface area contributed by atoms with E-state index in [1.807, 2.05) is 5.38 Å². The van der Waals surface area contributed by atoms with Crippen LogP contribution < -0.4 is 15.4 Å². The number of thioether (sulfide) groups is 1. The zero-order valence-electron chi connectivity index (χ0n) is 16.4. The van der Waals surface area contributed by atoms with E-state index in [2.05, 4.69) is 5.32 Å². The lowest BCUT2D eigenvalue weighted by molar-refractivity contribution is -0.121. The Labute approximate surface area is 192 Å². The first kappa shape index (κ1) is 22.2. The molecule has 1 aliphatic heterocycles. The zero-order chi connectivity index (χ0) is 22.9. The van der Waals surface area contributed by atoms with Gasteiger partial charge in [0.1, 0.15) is 0 Å². The fourth-order valence-corrected chi connectivity index (χ4v) is 5.32. The molecule has 1 aliphatic rings. The Balaban J connectivity index is 1.42. The minimum absolute atomic E-state index is 0.0251. The number of sulfonamides is 1. The van der Waals surface area contributed by atoms with Gasteiger partial charge in [0.25, 0.3) is 5.91 Å². The standard InChI is InChI=1S/C21H17N3O5S3/c22-32(28,29)16-9-5-14(6-10-16)24-19(25)12-18(21(24)27)31-15-7-3-13(4-8-15)23-20(26)17-2-1-11-30-17/h1-11,18H,12H2,(H,23,26)(H2,22,28,29). The van der Waals surface area contributed by atoms with Crippen LogP contribution in [0.25, 0.3) is 0 Å². The molecule has 4 rings (SSSR count). The molecule has 164 valence electrons. The highest BCUT2D eigenvalue weighted by atomic mass is 32.2. The summed E-state index contributed by atoms with van der Waals surface area (Å²) >= 11 is 2.60. The summed E-state index contributed by atoms with van der Waals surface area (Å²) in [7, 11) is -3.86. The Morgan fingerprint density at radius 3 is 2.34 bits per heavy atom. The quantitative estimate of drug-likeness (QED) is 0.515. The molecule has 2 aromatic carbocycles. The van der Waals surface area contributed by atoms with Gasteiger partial charge in [-0.1, -0.05) is 6.07 Å². The number of nitrogens with two attached hydrogens (primary N) is 1. The molecule has 3 N–H and O–H groups in total. The van der Waals surface area contributed by atoms with Crippen molar-refractivity contribution >= 4 is 62.2 Å². The van der Waals surface area contributed by atoms with E-state index in [1.54, 1.807) is 36.4 Å². The molecule has 8 nitrogen and oxygen atoms in total. The second kappa shape index (κ2) is 8.87. The van der Waals surface area contributed by atoms with Crippen LogP contribution in [0.2, 0.25) is 0 Å². The largest absolute Gasteiger partial charge is 0.321 e. The third-order valence-corrected chi connectivity index (χ3v) is 7.66. The first-order chi connectivity index (χ1) is 15.2. The van der Waals surface area contributed by atoms with Crippen molar-refractivity contribution in [2.45, 2.75) is 21.5 Å². The summed E-state index contributed by atoms with van der Waals surface area (Å²) in [6, 6.07) is 15.8. The average Bonchev–Trinajstić information content (AvgIpc) is 3.38. The topological polar surface area (TPSA) is 127 Å². The number of nitrogens with zero attached hydrogens (tertiary/aromatic N) is 1. The molecular formula is C21H17N3O5S3. The molecule has 3 aromatic rings. The van der Waals surface area contributed by atoms with Gasteiger partial charge in [-0.15, -0.1) is 23.1 Å². The van der Waals surface area contributed by atoms with Gasteiger partial charge >= 0.3 is 0 Å². The normalized spacial score (nSPS) is 16.4. The van der Waals surface area contributed by atoms with Gasteiger partial charge in [-0.05, 0) is 60.0 Å². The van der Waals surface area contributed by atoms with Crippen molar-refractivity contribution in [3.63, 3.8) is 0 Å².